The molecule has 0 saturated heterocycles. The van der Waals surface area contributed by atoms with Gasteiger partial charge in [-0.2, -0.15) is 0 Å². The van der Waals surface area contributed by atoms with Crippen LogP contribution >= 0.6 is 0 Å². The Balaban J connectivity index is 2.26. The van der Waals surface area contributed by atoms with E-state index >= 15 is 0 Å². The van der Waals surface area contributed by atoms with Crippen LogP contribution in [0.25, 0.3) is 11.5 Å². The molecule has 1 N–H and O–H groups in total. The van der Waals surface area contributed by atoms with Crippen molar-refractivity contribution in [1.82, 2.24) is 10.2 Å². The zero-order valence-corrected chi connectivity index (χ0v) is 11.5. The third kappa shape index (κ3) is 2.99. The van der Waals surface area contributed by atoms with Crippen LogP contribution in [0.5, 0.6) is 0 Å². The Morgan fingerprint density at radius 1 is 1.26 bits per heavy atom. The van der Waals surface area contributed by atoms with E-state index in [-0.39, 0.29) is 17.8 Å². The molecular formula is C14H17N3O2. The standard InChI is InChI=1S/C14H17N3O2/c1-8(2)12(18)15-14-17-16-13(19-14)11-7-9(3)5-6-10(11)4/h5-8H,1-4H3,(H,15,17,18). The number of hydrogen-bond acceptors (Lipinski definition) is 4. The molecule has 19 heavy (non-hydrogen) atoms. The van der Waals surface area contributed by atoms with E-state index in [4.69, 9.17) is 4.42 Å². The van der Waals surface area contributed by atoms with Crippen LogP contribution in [0, 0.1) is 19.8 Å². The second-order valence-electron chi connectivity index (χ2n) is 4.87. The van der Waals surface area contributed by atoms with Gasteiger partial charge in [-0.05, 0) is 25.5 Å². The number of aromatic nitrogens is 2. The first-order valence-corrected chi connectivity index (χ1v) is 6.19. The third-order valence-corrected chi connectivity index (χ3v) is 2.80. The van der Waals surface area contributed by atoms with Crippen molar-refractivity contribution in [3.05, 3.63) is 29.3 Å². The maximum atomic E-state index is 11.5. The van der Waals surface area contributed by atoms with Crippen LogP contribution in [-0.4, -0.2) is 16.1 Å². The first-order chi connectivity index (χ1) is 8.97. The van der Waals surface area contributed by atoms with Crippen molar-refractivity contribution < 1.29 is 9.21 Å². The van der Waals surface area contributed by atoms with E-state index in [1.165, 1.54) is 0 Å². The van der Waals surface area contributed by atoms with Gasteiger partial charge < -0.3 is 4.42 Å². The summed E-state index contributed by atoms with van der Waals surface area (Å²) in [6.07, 6.45) is 0. The topological polar surface area (TPSA) is 68.0 Å². The maximum absolute atomic E-state index is 11.5. The lowest BCUT2D eigenvalue weighted by atomic mass is 10.1. The lowest BCUT2D eigenvalue weighted by Crippen LogP contribution is -2.17. The highest BCUT2D eigenvalue weighted by Gasteiger charge is 2.14. The Kier molecular flexibility index (Phi) is 3.64. The number of benzene rings is 1. The normalized spacial score (nSPS) is 10.8. The molecule has 0 bridgehead atoms. The van der Waals surface area contributed by atoms with Gasteiger partial charge in [-0.1, -0.05) is 36.6 Å². The predicted octanol–water partition coefficient (Wildman–Crippen LogP) is 2.95. The van der Waals surface area contributed by atoms with Gasteiger partial charge in [0.05, 0.1) is 0 Å². The minimum absolute atomic E-state index is 0.129. The summed E-state index contributed by atoms with van der Waals surface area (Å²) in [5, 5.41) is 10.4. The quantitative estimate of drug-likeness (QED) is 0.920. The molecule has 0 aliphatic heterocycles. The predicted molar refractivity (Wildman–Crippen MR) is 72.7 cm³/mol. The third-order valence-electron chi connectivity index (χ3n) is 2.80. The number of hydrogen-bond donors (Lipinski definition) is 1. The van der Waals surface area contributed by atoms with Crippen molar-refractivity contribution in [3.63, 3.8) is 0 Å². The Morgan fingerprint density at radius 2 is 2.00 bits per heavy atom. The molecule has 0 aliphatic rings. The number of amides is 1. The number of nitrogens with zero attached hydrogens (tertiary/aromatic N) is 2. The molecule has 1 aromatic heterocycles. The van der Waals surface area contributed by atoms with Crippen molar-refractivity contribution in [1.29, 1.82) is 0 Å². The summed E-state index contributed by atoms with van der Waals surface area (Å²) in [6.45, 7) is 7.58. The Morgan fingerprint density at radius 3 is 2.68 bits per heavy atom. The van der Waals surface area contributed by atoms with Crippen LogP contribution in [0.2, 0.25) is 0 Å². The average molecular weight is 259 g/mol. The Hall–Kier alpha value is -2.17. The molecule has 0 atom stereocenters. The number of carbonyl (C=O) groups is 1. The molecule has 1 aromatic carbocycles. The summed E-state index contributed by atoms with van der Waals surface area (Å²) in [6, 6.07) is 6.14. The molecule has 0 fully saturated rings. The zero-order valence-electron chi connectivity index (χ0n) is 11.5. The van der Waals surface area contributed by atoms with Crippen molar-refractivity contribution >= 4 is 11.9 Å². The number of carbonyl (C=O) groups excluding carboxylic acids is 1. The number of nitrogens with one attached hydrogen (secondary N) is 1. The molecule has 0 saturated carbocycles. The second-order valence-corrected chi connectivity index (χ2v) is 4.87. The lowest BCUT2D eigenvalue weighted by molar-refractivity contribution is -0.119. The molecule has 2 aromatic rings. The monoisotopic (exact) mass is 259 g/mol. The summed E-state index contributed by atoms with van der Waals surface area (Å²) in [5.41, 5.74) is 3.06. The van der Waals surface area contributed by atoms with Crippen LogP contribution in [0.3, 0.4) is 0 Å². The van der Waals surface area contributed by atoms with Gasteiger partial charge in [0.2, 0.25) is 11.8 Å². The molecular weight excluding hydrogens is 242 g/mol. The Labute approximate surface area is 112 Å². The van der Waals surface area contributed by atoms with Crippen LogP contribution in [0.15, 0.2) is 22.6 Å². The summed E-state index contributed by atoms with van der Waals surface area (Å²) in [7, 11) is 0. The smallest absolute Gasteiger partial charge is 0.322 e. The molecule has 0 aliphatic carbocycles. The maximum Gasteiger partial charge on any atom is 0.322 e. The van der Waals surface area contributed by atoms with E-state index in [0.29, 0.717) is 5.89 Å². The van der Waals surface area contributed by atoms with Gasteiger partial charge in [-0.25, -0.2) is 0 Å². The van der Waals surface area contributed by atoms with E-state index in [9.17, 15) is 4.79 Å². The molecule has 1 amide bonds. The minimum Gasteiger partial charge on any atom is -0.403 e. The van der Waals surface area contributed by atoms with Gasteiger partial charge in [0, 0.05) is 11.5 Å². The van der Waals surface area contributed by atoms with Gasteiger partial charge in [0.1, 0.15) is 0 Å². The van der Waals surface area contributed by atoms with E-state index < -0.39 is 0 Å². The number of rotatable bonds is 3. The summed E-state index contributed by atoms with van der Waals surface area (Å²) in [4.78, 5) is 11.5. The van der Waals surface area contributed by atoms with Gasteiger partial charge >= 0.3 is 6.01 Å². The summed E-state index contributed by atoms with van der Waals surface area (Å²) >= 11 is 0. The summed E-state index contributed by atoms with van der Waals surface area (Å²) < 4.78 is 5.47. The van der Waals surface area contributed by atoms with Crippen molar-refractivity contribution in [2.75, 3.05) is 5.32 Å². The first kappa shape index (κ1) is 13.3. The highest BCUT2D eigenvalue weighted by Crippen LogP contribution is 2.24. The Bertz CT molecular complexity index is 602. The van der Waals surface area contributed by atoms with E-state index in [2.05, 4.69) is 15.5 Å². The lowest BCUT2D eigenvalue weighted by Gasteiger charge is -2.03. The van der Waals surface area contributed by atoms with Crippen molar-refractivity contribution in [3.8, 4) is 11.5 Å². The first-order valence-electron chi connectivity index (χ1n) is 6.19. The van der Waals surface area contributed by atoms with Crippen molar-refractivity contribution in [2.45, 2.75) is 27.7 Å². The highest BCUT2D eigenvalue weighted by atomic mass is 16.4. The molecule has 2 rings (SSSR count). The van der Waals surface area contributed by atoms with Gasteiger partial charge in [0.15, 0.2) is 0 Å². The molecule has 0 unspecified atom stereocenters. The SMILES string of the molecule is Cc1ccc(C)c(-c2nnc(NC(=O)C(C)C)o2)c1. The van der Waals surface area contributed by atoms with Crippen LogP contribution in [-0.2, 0) is 4.79 Å². The van der Waals surface area contributed by atoms with Crippen LogP contribution in [0.1, 0.15) is 25.0 Å². The fraction of sp³-hybridized carbons (Fsp3) is 0.357. The second kappa shape index (κ2) is 5.22. The number of aryl methyl sites for hydroxylation is 2. The fourth-order valence-corrected chi connectivity index (χ4v) is 1.60. The molecule has 100 valence electrons. The zero-order chi connectivity index (χ0) is 14.0. The number of anilines is 1. The van der Waals surface area contributed by atoms with Gasteiger partial charge in [-0.3, -0.25) is 10.1 Å². The van der Waals surface area contributed by atoms with Gasteiger partial charge in [0.25, 0.3) is 0 Å². The van der Waals surface area contributed by atoms with Crippen LogP contribution < -0.4 is 5.32 Å². The van der Waals surface area contributed by atoms with Crippen molar-refractivity contribution in [2.24, 2.45) is 5.92 Å². The average Bonchev–Trinajstić information content (AvgIpc) is 2.80. The largest absolute Gasteiger partial charge is 0.403 e. The van der Waals surface area contributed by atoms with E-state index in [1.807, 2.05) is 32.0 Å². The molecule has 0 radical (unpaired) electrons. The molecule has 0 spiro atoms. The highest BCUT2D eigenvalue weighted by molar-refractivity contribution is 5.90. The fourth-order valence-electron chi connectivity index (χ4n) is 1.60. The summed E-state index contributed by atoms with van der Waals surface area (Å²) in [5.74, 6) is 0.146. The minimum atomic E-state index is -0.142. The van der Waals surface area contributed by atoms with E-state index in [0.717, 1.165) is 16.7 Å². The molecule has 1 heterocycles. The van der Waals surface area contributed by atoms with E-state index in [1.54, 1.807) is 13.8 Å². The molecule has 5 nitrogen and oxygen atoms in total. The molecule has 5 heteroatoms. The van der Waals surface area contributed by atoms with Crippen LogP contribution in [0.4, 0.5) is 6.01 Å². The van der Waals surface area contributed by atoms with Gasteiger partial charge in [-0.15, -0.1) is 5.10 Å².